The van der Waals surface area contributed by atoms with E-state index in [1.807, 2.05) is 0 Å². The molecule has 32 heavy (non-hydrogen) atoms. The van der Waals surface area contributed by atoms with Gasteiger partial charge >= 0.3 is 0 Å². The molecule has 4 aromatic carbocycles. The number of sulfonamides is 2. The van der Waals surface area contributed by atoms with Gasteiger partial charge in [0, 0.05) is 14.3 Å². The molecule has 0 amide bonds. The molecule has 164 valence electrons. The summed E-state index contributed by atoms with van der Waals surface area (Å²) in [4.78, 5) is -0.458. The number of nitrogens with two attached hydrogens (primary N) is 1. The van der Waals surface area contributed by atoms with E-state index in [-0.39, 0.29) is 9.79 Å². The van der Waals surface area contributed by atoms with Gasteiger partial charge in [-0.05, 0) is 73.6 Å². The summed E-state index contributed by atoms with van der Waals surface area (Å²) in [6.07, 6.45) is 0. The summed E-state index contributed by atoms with van der Waals surface area (Å²) in [5.74, 6) is 0. The molecule has 0 spiro atoms. The average Bonchev–Trinajstić information content (AvgIpc) is 2.75. The molecule has 0 heterocycles. The normalized spacial score (nSPS) is 12.1. The number of nitrogens with zero attached hydrogens (tertiary/aromatic N) is 1. The van der Waals surface area contributed by atoms with Crippen molar-refractivity contribution in [1.82, 2.24) is 0 Å². The van der Waals surface area contributed by atoms with E-state index in [1.165, 1.54) is 10.4 Å². The van der Waals surface area contributed by atoms with Crippen molar-refractivity contribution in [1.29, 1.82) is 0 Å². The Balaban J connectivity index is 2.11. The van der Waals surface area contributed by atoms with E-state index >= 15 is 0 Å². The molecular weight excluding hydrogens is 580 g/mol. The Morgan fingerprint density at radius 2 is 1.19 bits per heavy atom. The van der Waals surface area contributed by atoms with E-state index in [1.54, 1.807) is 72.8 Å². The Kier molecular flexibility index (Phi) is 6.17. The summed E-state index contributed by atoms with van der Waals surface area (Å²) < 4.78 is 54.9. The van der Waals surface area contributed by atoms with E-state index in [4.69, 9.17) is 5.14 Å². The van der Waals surface area contributed by atoms with Gasteiger partial charge in [0.25, 0.3) is 10.0 Å². The van der Waals surface area contributed by atoms with Gasteiger partial charge < -0.3 is 0 Å². The summed E-state index contributed by atoms with van der Waals surface area (Å²) in [5, 5.41) is 6.18. The summed E-state index contributed by atoms with van der Waals surface area (Å²) in [6.45, 7) is 0. The van der Waals surface area contributed by atoms with Crippen LogP contribution in [0.2, 0.25) is 0 Å². The molecule has 0 fully saturated rings. The third-order valence-corrected chi connectivity index (χ3v) is 8.79. The van der Waals surface area contributed by atoms with E-state index in [2.05, 4.69) is 31.9 Å². The highest BCUT2D eigenvalue weighted by atomic mass is 79.9. The second-order valence-electron chi connectivity index (χ2n) is 6.86. The van der Waals surface area contributed by atoms with Crippen molar-refractivity contribution in [2.75, 3.05) is 4.31 Å². The van der Waals surface area contributed by atoms with Gasteiger partial charge in [-0.3, -0.25) is 0 Å². The van der Waals surface area contributed by atoms with Crippen LogP contribution in [0.15, 0.2) is 104 Å². The topological polar surface area (TPSA) is 97.5 Å². The summed E-state index contributed by atoms with van der Waals surface area (Å²) >= 11 is 6.88. The van der Waals surface area contributed by atoms with Crippen LogP contribution in [0.1, 0.15) is 0 Å². The zero-order valence-electron chi connectivity index (χ0n) is 16.3. The molecule has 0 saturated heterocycles. The van der Waals surface area contributed by atoms with Crippen molar-refractivity contribution in [2.45, 2.75) is 9.79 Å². The molecule has 0 aliphatic heterocycles. The lowest BCUT2D eigenvalue weighted by molar-refractivity contribution is 0.596. The fourth-order valence-corrected chi connectivity index (χ4v) is 6.93. The second-order valence-corrected chi connectivity index (χ2v) is 11.9. The van der Waals surface area contributed by atoms with Crippen molar-refractivity contribution in [3.63, 3.8) is 0 Å². The first-order valence-corrected chi connectivity index (χ1v) is 13.8. The fraction of sp³-hybridized carbons (Fsp3) is 0. The van der Waals surface area contributed by atoms with Crippen molar-refractivity contribution in [3.8, 4) is 0 Å². The van der Waals surface area contributed by atoms with Crippen molar-refractivity contribution in [2.24, 2.45) is 5.14 Å². The molecule has 10 heteroatoms. The first-order chi connectivity index (χ1) is 15.1. The number of fused-ring (bicyclic) bond motifs is 1. The Morgan fingerprint density at radius 3 is 1.72 bits per heavy atom. The lowest BCUT2D eigenvalue weighted by Gasteiger charge is -2.27. The highest BCUT2D eigenvalue weighted by Crippen LogP contribution is 2.41. The quantitative estimate of drug-likeness (QED) is 0.327. The van der Waals surface area contributed by atoms with E-state index < -0.39 is 20.0 Å². The maximum Gasteiger partial charge on any atom is 0.269 e. The molecule has 4 rings (SSSR count). The van der Waals surface area contributed by atoms with Crippen LogP contribution >= 0.6 is 31.9 Å². The van der Waals surface area contributed by atoms with Crippen molar-refractivity contribution in [3.05, 3.63) is 93.9 Å². The lowest BCUT2D eigenvalue weighted by Crippen LogP contribution is -2.27. The van der Waals surface area contributed by atoms with Crippen LogP contribution < -0.4 is 9.44 Å². The molecule has 0 aromatic heterocycles. The van der Waals surface area contributed by atoms with E-state index in [0.29, 0.717) is 31.1 Å². The number of anilines is 2. The van der Waals surface area contributed by atoms with Gasteiger partial charge in [-0.1, -0.05) is 48.5 Å². The van der Waals surface area contributed by atoms with Gasteiger partial charge in [0.2, 0.25) is 10.0 Å². The van der Waals surface area contributed by atoms with E-state index in [9.17, 15) is 16.8 Å². The minimum Gasteiger partial charge on any atom is -0.232 e. The SMILES string of the molecule is NS(=O)(=O)c1cc(S(=O)(=O)N(c2ccccc2Br)c2ccccc2Br)c2ccccc2c1. The standard InChI is InChI=1S/C22H16Br2N2O4S2/c23-18-9-3-5-11-20(18)26(21-12-6-4-10-19(21)24)32(29,30)22-14-16(31(25,27)28)13-15-7-1-2-8-17(15)22/h1-14H,(H2,25,27,28). The number of para-hydroxylation sites is 2. The van der Waals surface area contributed by atoms with Crippen LogP contribution in [0.4, 0.5) is 11.4 Å². The third-order valence-electron chi connectivity index (χ3n) is 4.79. The molecule has 2 N–H and O–H groups in total. The molecule has 4 aromatic rings. The molecule has 0 saturated carbocycles. The number of primary sulfonamides is 1. The predicted molar refractivity (Wildman–Crippen MR) is 133 cm³/mol. The summed E-state index contributed by atoms with van der Waals surface area (Å²) in [7, 11) is -8.46. The van der Waals surface area contributed by atoms with Gasteiger partial charge in [0.05, 0.1) is 21.2 Å². The van der Waals surface area contributed by atoms with Crippen LogP contribution in [-0.2, 0) is 20.0 Å². The van der Waals surface area contributed by atoms with Crippen molar-refractivity contribution >= 4 is 74.1 Å². The van der Waals surface area contributed by atoms with Gasteiger partial charge in [0.1, 0.15) is 0 Å². The minimum absolute atomic E-state index is 0.175. The summed E-state index contributed by atoms with van der Waals surface area (Å²) in [6, 6.07) is 22.9. The molecule has 6 nitrogen and oxygen atoms in total. The maximum absolute atomic E-state index is 14.2. The van der Waals surface area contributed by atoms with Gasteiger partial charge in [-0.15, -0.1) is 0 Å². The first kappa shape index (κ1) is 22.9. The fourth-order valence-electron chi connectivity index (χ4n) is 3.35. The average molecular weight is 596 g/mol. The molecule has 0 radical (unpaired) electrons. The summed E-state index contributed by atoms with van der Waals surface area (Å²) in [5.41, 5.74) is 0.731. The van der Waals surface area contributed by atoms with Gasteiger partial charge in [-0.2, -0.15) is 0 Å². The minimum atomic E-state index is -4.31. The largest absolute Gasteiger partial charge is 0.269 e. The Bertz CT molecular complexity index is 1510. The number of hydrogen-bond acceptors (Lipinski definition) is 4. The Morgan fingerprint density at radius 1 is 0.688 bits per heavy atom. The maximum atomic E-state index is 14.2. The van der Waals surface area contributed by atoms with Crippen LogP contribution in [0.3, 0.4) is 0 Å². The van der Waals surface area contributed by atoms with Crippen LogP contribution in [0.5, 0.6) is 0 Å². The zero-order chi connectivity index (χ0) is 23.1. The number of benzene rings is 4. The Labute approximate surface area is 203 Å². The molecule has 0 aliphatic rings. The molecule has 0 aliphatic carbocycles. The predicted octanol–water partition coefficient (Wildman–Crippen LogP) is 5.54. The lowest BCUT2D eigenvalue weighted by atomic mass is 10.1. The smallest absolute Gasteiger partial charge is 0.232 e. The Hall–Kier alpha value is -2.24. The van der Waals surface area contributed by atoms with Crippen LogP contribution in [-0.4, -0.2) is 16.8 Å². The molecular formula is C22H16Br2N2O4S2. The molecule has 0 atom stereocenters. The second kappa shape index (κ2) is 8.60. The van der Waals surface area contributed by atoms with Crippen LogP contribution in [0, 0.1) is 0 Å². The van der Waals surface area contributed by atoms with Crippen LogP contribution in [0.25, 0.3) is 10.8 Å². The number of hydrogen-bond donors (Lipinski definition) is 1. The van der Waals surface area contributed by atoms with Gasteiger partial charge in [0.15, 0.2) is 0 Å². The highest BCUT2D eigenvalue weighted by Gasteiger charge is 2.32. The third kappa shape index (κ3) is 4.20. The van der Waals surface area contributed by atoms with Gasteiger partial charge in [-0.25, -0.2) is 26.3 Å². The van der Waals surface area contributed by atoms with E-state index in [0.717, 1.165) is 6.07 Å². The molecule has 0 unspecified atom stereocenters. The monoisotopic (exact) mass is 594 g/mol. The highest BCUT2D eigenvalue weighted by molar-refractivity contribution is 9.11. The number of halogens is 2. The van der Waals surface area contributed by atoms with Crippen molar-refractivity contribution < 1.29 is 16.8 Å². The first-order valence-electron chi connectivity index (χ1n) is 9.21. The number of rotatable bonds is 5. The zero-order valence-corrected chi connectivity index (χ0v) is 21.1. The molecule has 0 bridgehead atoms.